The molecule has 1 N–H and O–H groups in total. The van der Waals surface area contributed by atoms with Crippen LogP contribution in [0, 0.1) is 0 Å². The molecule has 116 valence electrons. The van der Waals surface area contributed by atoms with Gasteiger partial charge in [-0.3, -0.25) is 4.79 Å². The monoisotopic (exact) mass is 318 g/mol. The predicted molar refractivity (Wildman–Crippen MR) is 87.8 cm³/mol. The van der Waals surface area contributed by atoms with Crippen molar-refractivity contribution in [2.24, 2.45) is 0 Å². The number of benzene rings is 2. The van der Waals surface area contributed by atoms with Crippen LogP contribution in [0.2, 0.25) is 5.02 Å². The lowest BCUT2D eigenvalue weighted by atomic mass is 10.0. The molecule has 4 heteroatoms. The molecule has 0 radical (unpaired) electrons. The maximum atomic E-state index is 11.0. The molecule has 0 spiro atoms. The molecule has 1 atom stereocenters. The summed E-state index contributed by atoms with van der Waals surface area (Å²) in [5, 5.41) is 9.45. The number of carbonyl (C=O) groups is 1. The maximum Gasteiger partial charge on any atom is 0.310 e. The van der Waals surface area contributed by atoms with Crippen molar-refractivity contribution in [1.29, 1.82) is 0 Å². The predicted octanol–water partition coefficient (Wildman–Crippen LogP) is 4.54. The number of hydrogen-bond acceptors (Lipinski definition) is 2. The van der Waals surface area contributed by atoms with Gasteiger partial charge in [0.05, 0.1) is 17.5 Å². The minimum absolute atomic E-state index is 0.449. The minimum atomic E-state index is -0.868. The summed E-state index contributed by atoms with van der Waals surface area (Å²) in [6.07, 6.45) is 1.85. The fourth-order valence-electron chi connectivity index (χ4n) is 2.15. The molecule has 0 aliphatic rings. The Morgan fingerprint density at radius 3 is 2.59 bits per heavy atom. The second kappa shape index (κ2) is 7.85. The van der Waals surface area contributed by atoms with Crippen molar-refractivity contribution in [2.75, 3.05) is 6.61 Å². The van der Waals surface area contributed by atoms with Crippen molar-refractivity contribution in [1.82, 2.24) is 0 Å². The van der Waals surface area contributed by atoms with E-state index in [1.165, 1.54) is 5.56 Å². The summed E-state index contributed by atoms with van der Waals surface area (Å²) in [5.74, 6) is -0.853. The van der Waals surface area contributed by atoms with Crippen LogP contribution in [0.15, 0.2) is 48.5 Å². The number of carboxylic acids is 1. The quantitative estimate of drug-likeness (QED) is 0.762. The Labute approximate surface area is 135 Å². The second-order valence-corrected chi connectivity index (χ2v) is 5.59. The second-order valence-electron chi connectivity index (χ2n) is 5.19. The first-order chi connectivity index (χ1) is 10.6. The first kappa shape index (κ1) is 16.4. The van der Waals surface area contributed by atoms with Gasteiger partial charge in [-0.15, -0.1) is 0 Å². The van der Waals surface area contributed by atoms with E-state index in [0.717, 1.165) is 12.8 Å². The number of hydrogen-bond donors (Lipinski definition) is 1. The Hall–Kier alpha value is -2.00. The number of aliphatic carboxylic acids is 1. The van der Waals surface area contributed by atoms with Crippen LogP contribution in [0.3, 0.4) is 0 Å². The molecule has 0 aliphatic carbocycles. The summed E-state index contributed by atoms with van der Waals surface area (Å²) in [6, 6.07) is 15.4. The van der Waals surface area contributed by atoms with Gasteiger partial charge < -0.3 is 9.84 Å². The Bertz CT molecular complexity index is 625. The smallest absolute Gasteiger partial charge is 0.310 e. The van der Waals surface area contributed by atoms with Crippen molar-refractivity contribution < 1.29 is 14.6 Å². The van der Waals surface area contributed by atoms with Crippen LogP contribution >= 0.6 is 11.6 Å². The van der Waals surface area contributed by atoms with E-state index in [2.05, 4.69) is 12.1 Å². The maximum absolute atomic E-state index is 11.0. The van der Waals surface area contributed by atoms with Gasteiger partial charge in [0.25, 0.3) is 0 Å². The van der Waals surface area contributed by atoms with Gasteiger partial charge in [0.15, 0.2) is 0 Å². The van der Waals surface area contributed by atoms with Crippen molar-refractivity contribution in [3.05, 3.63) is 64.7 Å². The molecule has 2 rings (SSSR count). The zero-order valence-corrected chi connectivity index (χ0v) is 13.2. The molecule has 22 heavy (non-hydrogen) atoms. The summed E-state index contributed by atoms with van der Waals surface area (Å²) < 4.78 is 5.67. The molecule has 0 aromatic heterocycles. The molecular weight excluding hydrogens is 300 g/mol. The summed E-state index contributed by atoms with van der Waals surface area (Å²) in [6.45, 7) is 2.21. The molecule has 2 aromatic carbocycles. The lowest BCUT2D eigenvalue weighted by Crippen LogP contribution is -2.07. The zero-order valence-electron chi connectivity index (χ0n) is 12.5. The highest BCUT2D eigenvalue weighted by atomic mass is 35.5. The largest absolute Gasteiger partial charge is 0.492 e. The van der Waals surface area contributed by atoms with Crippen molar-refractivity contribution in [3.8, 4) is 5.75 Å². The molecule has 0 bridgehead atoms. The van der Waals surface area contributed by atoms with E-state index < -0.39 is 11.9 Å². The average molecular weight is 319 g/mol. The SMILES string of the molecule is C[C@@H](C(=O)O)c1ccc(OCCCc2ccccc2)c(Cl)c1. The number of rotatable bonds is 7. The van der Waals surface area contributed by atoms with Gasteiger partial charge in [-0.25, -0.2) is 0 Å². The Morgan fingerprint density at radius 1 is 1.23 bits per heavy atom. The van der Waals surface area contributed by atoms with E-state index in [4.69, 9.17) is 21.4 Å². The third-order valence-corrected chi connectivity index (χ3v) is 3.83. The number of halogens is 1. The number of carboxylic acid groups (broad SMARTS) is 1. The normalized spacial score (nSPS) is 11.9. The Morgan fingerprint density at radius 2 is 1.95 bits per heavy atom. The van der Waals surface area contributed by atoms with Crippen LogP contribution in [-0.4, -0.2) is 17.7 Å². The first-order valence-corrected chi connectivity index (χ1v) is 7.64. The summed E-state index contributed by atoms with van der Waals surface area (Å²) in [5.41, 5.74) is 1.96. The highest BCUT2D eigenvalue weighted by molar-refractivity contribution is 6.32. The highest BCUT2D eigenvalue weighted by Gasteiger charge is 2.15. The van der Waals surface area contributed by atoms with Crippen LogP contribution in [-0.2, 0) is 11.2 Å². The van der Waals surface area contributed by atoms with E-state index >= 15 is 0 Å². The summed E-state index contributed by atoms with van der Waals surface area (Å²) >= 11 is 6.16. The topological polar surface area (TPSA) is 46.5 Å². The van der Waals surface area contributed by atoms with Gasteiger partial charge in [-0.05, 0) is 43.0 Å². The minimum Gasteiger partial charge on any atom is -0.492 e. The average Bonchev–Trinajstić information content (AvgIpc) is 2.53. The zero-order chi connectivity index (χ0) is 15.9. The van der Waals surface area contributed by atoms with Crippen LogP contribution in [0.4, 0.5) is 0 Å². The van der Waals surface area contributed by atoms with Crippen LogP contribution < -0.4 is 4.74 Å². The first-order valence-electron chi connectivity index (χ1n) is 7.27. The molecule has 2 aromatic rings. The van der Waals surface area contributed by atoms with E-state index in [1.54, 1.807) is 25.1 Å². The fourth-order valence-corrected chi connectivity index (χ4v) is 2.39. The van der Waals surface area contributed by atoms with E-state index in [1.807, 2.05) is 18.2 Å². The lowest BCUT2D eigenvalue weighted by Gasteiger charge is -2.11. The highest BCUT2D eigenvalue weighted by Crippen LogP contribution is 2.28. The van der Waals surface area contributed by atoms with Gasteiger partial charge in [0.2, 0.25) is 0 Å². The standard InChI is InChI=1S/C18H19ClO3/c1-13(18(20)21)15-9-10-17(16(19)12-15)22-11-5-8-14-6-3-2-4-7-14/h2-4,6-7,9-10,12-13H,5,8,11H2,1H3,(H,20,21)/t13-/m1/s1. The van der Waals surface area contributed by atoms with Gasteiger partial charge in [0.1, 0.15) is 5.75 Å². The van der Waals surface area contributed by atoms with E-state index in [-0.39, 0.29) is 0 Å². The van der Waals surface area contributed by atoms with Crippen molar-refractivity contribution in [3.63, 3.8) is 0 Å². The summed E-state index contributed by atoms with van der Waals surface area (Å²) in [7, 11) is 0. The molecule has 0 heterocycles. The molecule has 0 saturated heterocycles. The van der Waals surface area contributed by atoms with Crippen LogP contribution in [0.25, 0.3) is 0 Å². The van der Waals surface area contributed by atoms with Crippen molar-refractivity contribution >= 4 is 17.6 Å². The lowest BCUT2D eigenvalue weighted by molar-refractivity contribution is -0.138. The van der Waals surface area contributed by atoms with E-state index in [0.29, 0.717) is 22.9 Å². The number of aryl methyl sites for hydroxylation is 1. The Kier molecular flexibility index (Phi) is 5.84. The van der Waals surface area contributed by atoms with Gasteiger partial charge in [0, 0.05) is 0 Å². The molecule has 3 nitrogen and oxygen atoms in total. The van der Waals surface area contributed by atoms with Gasteiger partial charge in [-0.1, -0.05) is 48.0 Å². The Balaban J connectivity index is 1.87. The van der Waals surface area contributed by atoms with Crippen molar-refractivity contribution in [2.45, 2.75) is 25.7 Å². The molecular formula is C18H19ClO3. The van der Waals surface area contributed by atoms with Crippen LogP contribution in [0.1, 0.15) is 30.4 Å². The van der Waals surface area contributed by atoms with E-state index in [9.17, 15) is 4.79 Å². The molecule has 0 unspecified atom stereocenters. The molecule has 0 aliphatic heterocycles. The summed E-state index contributed by atoms with van der Waals surface area (Å²) in [4.78, 5) is 11.0. The van der Waals surface area contributed by atoms with Gasteiger partial charge >= 0.3 is 5.97 Å². The third-order valence-electron chi connectivity index (χ3n) is 3.54. The van der Waals surface area contributed by atoms with Crippen LogP contribution in [0.5, 0.6) is 5.75 Å². The number of ether oxygens (including phenoxy) is 1. The fraction of sp³-hybridized carbons (Fsp3) is 0.278. The molecule has 0 saturated carbocycles. The molecule has 0 fully saturated rings. The third kappa shape index (κ3) is 4.50. The molecule has 0 amide bonds. The van der Waals surface area contributed by atoms with Gasteiger partial charge in [-0.2, -0.15) is 0 Å².